The predicted octanol–water partition coefficient (Wildman–Crippen LogP) is 1.74. The van der Waals surface area contributed by atoms with Crippen LogP contribution in [0.15, 0.2) is 36.0 Å². The van der Waals surface area contributed by atoms with Crippen LogP contribution < -0.4 is 5.32 Å². The number of nitrogens with one attached hydrogen (secondary N) is 1. The summed E-state index contributed by atoms with van der Waals surface area (Å²) >= 11 is 1.32. The molecule has 17 heavy (non-hydrogen) atoms. The Labute approximate surface area is 105 Å². The van der Waals surface area contributed by atoms with Crippen molar-refractivity contribution in [2.45, 2.75) is 17.2 Å². The Kier molecular flexibility index (Phi) is 5.24. The molecule has 1 aromatic heterocycles. The summed E-state index contributed by atoms with van der Waals surface area (Å²) in [7, 11) is 0. The van der Waals surface area contributed by atoms with Crippen LogP contribution in [0, 0.1) is 11.3 Å². The van der Waals surface area contributed by atoms with Gasteiger partial charge in [0.25, 0.3) is 0 Å². The number of carbonyl (C=O) groups excluding carboxylic acids is 1. The Morgan fingerprint density at radius 2 is 2.59 bits per heavy atom. The fourth-order valence-corrected chi connectivity index (χ4v) is 1.96. The Hall–Kier alpha value is -1.80. The second-order valence-electron chi connectivity index (χ2n) is 3.29. The third kappa shape index (κ3) is 4.29. The lowest BCUT2D eigenvalue weighted by Crippen LogP contribution is -2.30. The van der Waals surface area contributed by atoms with Crippen LogP contribution in [-0.4, -0.2) is 22.7 Å². The molecule has 1 aromatic rings. The molecule has 0 saturated carbocycles. The van der Waals surface area contributed by atoms with Gasteiger partial charge in [-0.05, 0) is 19.1 Å². The molecule has 0 bridgehead atoms. The average Bonchev–Trinajstić information content (AvgIpc) is 2.36. The van der Waals surface area contributed by atoms with E-state index < -0.39 is 0 Å². The van der Waals surface area contributed by atoms with Crippen molar-refractivity contribution in [2.75, 3.05) is 6.54 Å². The molecular formula is C12H13N3OS. The molecule has 0 fully saturated rings. The van der Waals surface area contributed by atoms with Crippen molar-refractivity contribution in [3.05, 3.63) is 36.5 Å². The number of carbonyl (C=O) groups is 1. The zero-order chi connectivity index (χ0) is 12.7. The predicted molar refractivity (Wildman–Crippen MR) is 67.5 cm³/mol. The summed E-state index contributed by atoms with van der Waals surface area (Å²) in [5.41, 5.74) is 0.543. The lowest BCUT2D eigenvalue weighted by molar-refractivity contribution is -0.120. The van der Waals surface area contributed by atoms with Gasteiger partial charge in [-0.2, -0.15) is 5.26 Å². The molecule has 1 atom stereocenters. The number of rotatable bonds is 5. The van der Waals surface area contributed by atoms with E-state index in [1.54, 1.807) is 31.3 Å². The van der Waals surface area contributed by atoms with Crippen LogP contribution in [0.1, 0.15) is 12.5 Å². The first-order valence-corrected chi connectivity index (χ1v) is 5.96. The molecule has 0 radical (unpaired) electrons. The lowest BCUT2D eigenvalue weighted by atomic mass is 10.3. The van der Waals surface area contributed by atoms with Gasteiger partial charge in [-0.15, -0.1) is 6.58 Å². The SMILES string of the molecule is C=CCNC(=O)[C@H](C)Sc1cc(C#N)ccn1. The second kappa shape index (κ2) is 6.71. The molecule has 1 rings (SSSR count). The van der Waals surface area contributed by atoms with Gasteiger partial charge in [-0.3, -0.25) is 4.79 Å². The number of aromatic nitrogens is 1. The van der Waals surface area contributed by atoms with E-state index >= 15 is 0 Å². The van der Waals surface area contributed by atoms with E-state index in [-0.39, 0.29) is 11.2 Å². The molecular weight excluding hydrogens is 234 g/mol. The number of hydrogen-bond donors (Lipinski definition) is 1. The highest BCUT2D eigenvalue weighted by molar-refractivity contribution is 8.00. The van der Waals surface area contributed by atoms with E-state index in [1.807, 2.05) is 6.07 Å². The van der Waals surface area contributed by atoms with Crippen molar-refractivity contribution in [3.63, 3.8) is 0 Å². The Bertz CT molecular complexity index is 453. The first-order valence-electron chi connectivity index (χ1n) is 5.08. The van der Waals surface area contributed by atoms with E-state index in [2.05, 4.69) is 16.9 Å². The molecule has 0 spiro atoms. The third-order valence-corrected chi connectivity index (χ3v) is 2.98. The summed E-state index contributed by atoms with van der Waals surface area (Å²) in [6.45, 7) is 5.78. The highest BCUT2D eigenvalue weighted by Crippen LogP contribution is 2.21. The van der Waals surface area contributed by atoms with Crippen LogP contribution in [0.4, 0.5) is 0 Å². The van der Waals surface area contributed by atoms with Gasteiger partial charge in [0.2, 0.25) is 5.91 Å². The van der Waals surface area contributed by atoms with Gasteiger partial charge in [-0.25, -0.2) is 4.98 Å². The third-order valence-electron chi connectivity index (χ3n) is 1.95. The van der Waals surface area contributed by atoms with E-state index in [0.717, 1.165) is 0 Å². The molecule has 0 aliphatic heterocycles. The number of amides is 1. The molecule has 1 amide bonds. The van der Waals surface area contributed by atoms with Gasteiger partial charge in [0.05, 0.1) is 21.9 Å². The molecule has 1 heterocycles. The minimum atomic E-state index is -0.253. The zero-order valence-corrected chi connectivity index (χ0v) is 10.3. The van der Waals surface area contributed by atoms with E-state index in [4.69, 9.17) is 5.26 Å². The highest BCUT2D eigenvalue weighted by Gasteiger charge is 2.14. The Morgan fingerprint density at radius 3 is 3.24 bits per heavy atom. The molecule has 88 valence electrons. The molecule has 0 unspecified atom stereocenters. The van der Waals surface area contributed by atoms with Crippen molar-refractivity contribution in [3.8, 4) is 6.07 Å². The number of pyridine rings is 1. The van der Waals surface area contributed by atoms with Gasteiger partial charge in [0, 0.05) is 12.7 Å². The van der Waals surface area contributed by atoms with Crippen LogP contribution in [0.2, 0.25) is 0 Å². The normalized spacial score (nSPS) is 11.3. The van der Waals surface area contributed by atoms with Crippen LogP contribution >= 0.6 is 11.8 Å². The fraction of sp³-hybridized carbons (Fsp3) is 0.250. The summed E-state index contributed by atoms with van der Waals surface area (Å²) in [6.07, 6.45) is 3.19. The number of hydrogen-bond acceptors (Lipinski definition) is 4. The number of thioether (sulfide) groups is 1. The van der Waals surface area contributed by atoms with Gasteiger partial charge in [0.1, 0.15) is 0 Å². The van der Waals surface area contributed by atoms with Crippen molar-refractivity contribution in [1.29, 1.82) is 5.26 Å². The van der Waals surface area contributed by atoms with E-state index in [9.17, 15) is 4.79 Å². The second-order valence-corrected chi connectivity index (χ2v) is 4.65. The fourth-order valence-electron chi connectivity index (χ4n) is 1.09. The minimum Gasteiger partial charge on any atom is -0.352 e. The van der Waals surface area contributed by atoms with E-state index in [0.29, 0.717) is 17.1 Å². The standard InChI is InChI=1S/C12H13N3OS/c1-3-5-15-12(16)9(2)17-11-7-10(8-13)4-6-14-11/h3-4,6-7,9H,1,5H2,2H3,(H,15,16)/t9-/m0/s1. The van der Waals surface area contributed by atoms with Crippen molar-refractivity contribution >= 4 is 17.7 Å². The van der Waals surface area contributed by atoms with Crippen LogP contribution in [-0.2, 0) is 4.79 Å². The van der Waals surface area contributed by atoms with Gasteiger partial charge in [0.15, 0.2) is 0 Å². The summed E-state index contributed by atoms with van der Waals surface area (Å²) in [4.78, 5) is 15.7. The lowest BCUT2D eigenvalue weighted by Gasteiger charge is -2.10. The van der Waals surface area contributed by atoms with Crippen LogP contribution in [0.5, 0.6) is 0 Å². The largest absolute Gasteiger partial charge is 0.352 e. The maximum atomic E-state index is 11.6. The molecule has 1 N–H and O–H groups in total. The summed E-state index contributed by atoms with van der Waals surface area (Å²) in [6, 6.07) is 5.34. The van der Waals surface area contributed by atoms with Crippen LogP contribution in [0.25, 0.3) is 0 Å². The van der Waals surface area contributed by atoms with Gasteiger partial charge in [-0.1, -0.05) is 17.8 Å². The minimum absolute atomic E-state index is 0.0703. The Balaban J connectivity index is 2.61. The quantitative estimate of drug-likeness (QED) is 0.635. The summed E-state index contributed by atoms with van der Waals surface area (Å²) < 4.78 is 0. The monoisotopic (exact) mass is 247 g/mol. The maximum absolute atomic E-state index is 11.6. The van der Waals surface area contributed by atoms with Crippen molar-refractivity contribution < 1.29 is 4.79 Å². The van der Waals surface area contributed by atoms with Crippen LogP contribution in [0.3, 0.4) is 0 Å². The molecule has 0 saturated heterocycles. The van der Waals surface area contributed by atoms with Crippen molar-refractivity contribution in [1.82, 2.24) is 10.3 Å². The summed E-state index contributed by atoms with van der Waals surface area (Å²) in [5.74, 6) is -0.0703. The van der Waals surface area contributed by atoms with Crippen molar-refractivity contribution in [2.24, 2.45) is 0 Å². The first-order chi connectivity index (χ1) is 8.17. The molecule has 4 nitrogen and oxygen atoms in total. The Morgan fingerprint density at radius 1 is 1.82 bits per heavy atom. The molecule has 0 aliphatic carbocycles. The highest BCUT2D eigenvalue weighted by atomic mass is 32.2. The number of nitrogens with zero attached hydrogens (tertiary/aromatic N) is 2. The van der Waals surface area contributed by atoms with E-state index in [1.165, 1.54) is 11.8 Å². The molecule has 0 aromatic carbocycles. The number of nitriles is 1. The maximum Gasteiger partial charge on any atom is 0.233 e. The first kappa shape index (κ1) is 13.3. The topological polar surface area (TPSA) is 65.8 Å². The average molecular weight is 247 g/mol. The van der Waals surface area contributed by atoms with Gasteiger partial charge < -0.3 is 5.32 Å². The smallest absolute Gasteiger partial charge is 0.233 e. The molecule has 5 heteroatoms. The molecule has 0 aliphatic rings. The zero-order valence-electron chi connectivity index (χ0n) is 9.51. The summed E-state index contributed by atoms with van der Waals surface area (Å²) in [5, 5.41) is 11.9. The van der Waals surface area contributed by atoms with Gasteiger partial charge >= 0.3 is 0 Å².